The summed E-state index contributed by atoms with van der Waals surface area (Å²) in [5.41, 5.74) is 1.08. The van der Waals surface area contributed by atoms with Gasteiger partial charge in [0.15, 0.2) is 0 Å². The molecular weight excluding hydrogens is 211 g/mol. The number of aliphatic carboxylic acids is 1. The van der Waals surface area contributed by atoms with Crippen LogP contribution in [0.2, 0.25) is 0 Å². The summed E-state index contributed by atoms with van der Waals surface area (Å²) in [5.74, 6) is -0.975. The van der Waals surface area contributed by atoms with E-state index in [9.17, 15) is 9.18 Å². The molecule has 0 radical (unpaired) electrons. The lowest BCUT2D eigenvalue weighted by atomic mass is 10.1. The number of carbonyl (C=O) groups is 1. The number of carboxylic acids is 1. The molecule has 0 aromatic heterocycles. The zero-order valence-electron chi connectivity index (χ0n) is 9.16. The number of hydrogen-bond donors (Lipinski definition) is 1. The summed E-state index contributed by atoms with van der Waals surface area (Å²) in [6, 6.07) is 2.60. The van der Waals surface area contributed by atoms with Crippen LogP contribution in [-0.4, -0.2) is 17.7 Å². The van der Waals surface area contributed by atoms with Crippen molar-refractivity contribution in [2.75, 3.05) is 6.61 Å². The van der Waals surface area contributed by atoms with Gasteiger partial charge >= 0.3 is 5.97 Å². The van der Waals surface area contributed by atoms with Crippen LogP contribution in [0, 0.1) is 12.7 Å². The van der Waals surface area contributed by atoms with Gasteiger partial charge in [-0.1, -0.05) is 0 Å². The molecule has 0 bridgehead atoms. The predicted molar refractivity (Wildman–Crippen MR) is 59.0 cm³/mol. The average Bonchev–Trinajstić information content (AvgIpc) is 2.19. The van der Waals surface area contributed by atoms with Gasteiger partial charge in [0, 0.05) is 11.6 Å². The lowest BCUT2D eigenvalue weighted by Gasteiger charge is -2.10. The first-order valence-corrected chi connectivity index (χ1v) is 4.88. The second-order valence-electron chi connectivity index (χ2n) is 3.25. The van der Waals surface area contributed by atoms with Crippen LogP contribution < -0.4 is 4.74 Å². The Balaban J connectivity index is 3.18. The third-order valence-corrected chi connectivity index (χ3v) is 1.96. The molecular formula is C12H13FO3. The number of aryl methyl sites for hydroxylation is 1. The van der Waals surface area contributed by atoms with Gasteiger partial charge < -0.3 is 9.84 Å². The number of benzene rings is 1. The maximum absolute atomic E-state index is 13.1. The van der Waals surface area contributed by atoms with E-state index in [1.54, 1.807) is 6.92 Å². The molecule has 1 N–H and O–H groups in total. The van der Waals surface area contributed by atoms with Gasteiger partial charge in [-0.25, -0.2) is 9.18 Å². The summed E-state index contributed by atoms with van der Waals surface area (Å²) >= 11 is 0. The van der Waals surface area contributed by atoms with Crippen LogP contribution in [0.5, 0.6) is 5.75 Å². The van der Waals surface area contributed by atoms with E-state index in [2.05, 4.69) is 0 Å². The fourth-order valence-electron chi connectivity index (χ4n) is 1.38. The SMILES string of the molecule is CCOc1c(C)cc(F)cc1/C=C\C(=O)O. The van der Waals surface area contributed by atoms with Crippen molar-refractivity contribution in [1.29, 1.82) is 0 Å². The van der Waals surface area contributed by atoms with Gasteiger partial charge in [0.25, 0.3) is 0 Å². The Kier molecular flexibility index (Phi) is 4.05. The van der Waals surface area contributed by atoms with Crippen molar-refractivity contribution in [2.24, 2.45) is 0 Å². The highest BCUT2D eigenvalue weighted by molar-refractivity contribution is 5.86. The van der Waals surface area contributed by atoms with Gasteiger partial charge in [0.1, 0.15) is 11.6 Å². The van der Waals surface area contributed by atoms with Gasteiger partial charge in [-0.2, -0.15) is 0 Å². The minimum Gasteiger partial charge on any atom is -0.493 e. The molecule has 0 aliphatic heterocycles. The van der Waals surface area contributed by atoms with Crippen LogP contribution >= 0.6 is 0 Å². The predicted octanol–water partition coefficient (Wildman–Crippen LogP) is 2.63. The Morgan fingerprint density at radius 2 is 2.25 bits per heavy atom. The summed E-state index contributed by atoms with van der Waals surface area (Å²) in [7, 11) is 0. The molecule has 0 amide bonds. The first-order chi connectivity index (χ1) is 7.54. The van der Waals surface area contributed by atoms with Gasteiger partial charge in [0.2, 0.25) is 0 Å². The number of rotatable bonds is 4. The van der Waals surface area contributed by atoms with Crippen molar-refractivity contribution < 1.29 is 19.0 Å². The van der Waals surface area contributed by atoms with E-state index in [4.69, 9.17) is 9.84 Å². The quantitative estimate of drug-likeness (QED) is 0.800. The Bertz CT molecular complexity index is 425. The smallest absolute Gasteiger partial charge is 0.328 e. The second-order valence-corrected chi connectivity index (χ2v) is 3.25. The van der Waals surface area contributed by atoms with Crippen LogP contribution in [0.3, 0.4) is 0 Å². The molecule has 16 heavy (non-hydrogen) atoms. The first-order valence-electron chi connectivity index (χ1n) is 4.88. The van der Waals surface area contributed by atoms with Crippen LogP contribution in [0.4, 0.5) is 4.39 Å². The zero-order chi connectivity index (χ0) is 12.1. The molecule has 3 nitrogen and oxygen atoms in total. The minimum absolute atomic E-state index is 0.411. The average molecular weight is 224 g/mol. The fourth-order valence-corrected chi connectivity index (χ4v) is 1.38. The maximum atomic E-state index is 13.1. The van der Waals surface area contributed by atoms with E-state index >= 15 is 0 Å². The van der Waals surface area contributed by atoms with Crippen molar-refractivity contribution in [3.05, 3.63) is 35.2 Å². The number of ether oxygens (including phenoxy) is 1. The molecule has 1 aromatic carbocycles. The second kappa shape index (κ2) is 5.30. The van der Waals surface area contributed by atoms with E-state index in [0.717, 1.165) is 6.08 Å². The van der Waals surface area contributed by atoms with Crippen LogP contribution in [0.15, 0.2) is 18.2 Å². The number of hydrogen-bond acceptors (Lipinski definition) is 2. The van der Waals surface area contributed by atoms with Gasteiger partial charge in [0.05, 0.1) is 6.61 Å². The largest absolute Gasteiger partial charge is 0.493 e. The summed E-state index contributed by atoms with van der Waals surface area (Å²) in [6.45, 7) is 3.97. The molecule has 1 rings (SSSR count). The number of halogens is 1. The molecule has 0 saturated carbocycles. The minimum atomic E-state index is -1.08. The standard InChI is InChI=1S/C12H13FO3/c1-3-16-12-8(2)6-10(13)7-9(12)4-5-11(14)15/h4-7H,3H2,1-2H3,(H,14,15)/b5-4-. The molecule has 1 aromatic rings. The Morgan fingerprint density at radius 1 is 1.56 bits per heavy atom. The molecule has 0 fully saturated rings. The summed E-state index contributed by atoms with van der Waals surface area (Å²) < 4.78 is 18.5. The highest BCUT2D eigenvalue weighted by Gasteiger charge is 2.07. The van der Waals surface area contributed by atoms with Gasteiger partial charge in [-0.3, -0.25) is 0 Å². The van der Waals surface area contributed by atoms with Crippen molar-refractivity contribution in [3.8, 4) is 5.75 Å². The van der Waals surface area contributed by atoms with E-state index in [0.29, 0.717) is 23.5 Å². The van der Waals surface area contributed by atoms with Crippen molar-refractivity contribution >= 4 is 12.0 Å². The summed E-state index contributed by atoms with van der Waals surface area (Å²) in [5, 5.41) is 8.51. The molecule has 0 saturated heterocycles. The highest BCUT2D eigenvalue weighted by Crippen LogP contribution is 2.26. The third-order valence-electron chi connectivity index (χ3n) is 1.96. The van der Waals surface area contributed by atoms with Crippen LogP contribution in [0.25, 0.3) is 6.08 Å². The van der Waals surface area contributed by atoms with E-state index in [-0.39, 0.29) is 0 Å². The Hall–Kier alpha value is -1.84. The number of carboxylic acid groups (broad SMARTS) is 1. The molecule has 0 heterocycles. The molecule has 4 heteroatoms. The lowest BCUT2D eigenvalue weighted by molar-refractivity contribution is -0.131. The first kappa shape index (κ1) is 12.2. The van der Waals surface area contributed by atoms with Gasteiger partial charge in [-0.15, -0.1) is 0 Å². The molecule has 0 aliphatic carbocycles. The molecule has 0 spiro atoms. The lowest BCUT2D eigenvalue weighted by Crippen LogP contribution is -1.98. The maximum Gasteiger partial charge on any atom is 0.328 e. The topological polar surface area (TPSA) is 46.5 Å². The Morgan fingerprint density at radius 3 is 2.81 bits per heavy atom. The van der Waals surface area contributed by atoms with E-state index < -0.39 is 11.8 Å². The fraction of sp³-hybridized carbons (Fsp3) is 0.250. The van der Waals surface area contributed by atoms with Crippen molar-refractivity contribution in [2.45, 2.75) is 13.8 Å². The normalized spacial score (nSPS) is 10.7. The van der Waals surface area contributed by atoms with E-state index in [1.807, 2.05) is 6.92 Å². The van der Waals surface area contributed by atoms with Crippen molar-refractivity contribution in [1.82, 2.24) is 0 Å². The third kappa shape index (κ3) is 3.08. The summed E-state index contributed by atoms with van der Waals surface area (Å²) in [4.78, 5) is 10.4. The van der Waals surface area contributed by atoms with Crippen LogP contribution in [-0.2, 0) is 4.79 Å². The highest BCUT2D eigenvalue weighted by atomic mass is 19.1. The summed E-state index contributed by atoms with van der Waals surface area (Å²) in [6.07, 6.45) is 2.28. The van der Waals surface area contributed by atoms with Crippen molar-refractivity contribution in [3.63, 3.8) is 0 Å². The monoisotopic (exact) mass is 224 g/mol. The molecule has 86 valence electrons. The van der Waals surface area contributed by atoms with E-state index in [1.165, 1.54) is 18.2 Å². The molecule has 0 unspecified atom stereocenters. The Labute approximate surface area is 93.2 Å². The van der Waals surface area contributed by atoms with Gasteiger partial charge in [-0.05, 0) is 37.6 Å². The molecule has 0 aliphatic rings. The molecule has 0 atom stereocenters. The zero-order valence-corrected chi connectivity index (χ0v) is 9.16. The van der Waals surface area contributed by atoms with Crippen LogP contribution in [0.1, 0.15) is 18.1 Å².